The molecule has 0 heterocycles. The number of esters is 2. The third kappa shape index (κ3) is 14.1. The number of alkyl halides is 13. The van der Waals surface area contributed by atoms with E-state index < -0.39 is 114 Å². The summed E-state index contributed by atoms with van der Waals surface area (Å²) in [5, 5.41) is 7.86. The van der Waals surface area contributed by atoms with Crippen LogP contribution in [0.3, 0.4) is 0 Å². The van der Waals surface area contributed by atoms with Crippen molar-refractivity contribution in [2.45, 2.75) is 93.5 Å². The van der Waals surface area contributed by atoms with Gasteiger partial charge in [-0.1, -0.05) is 6.08 Å². The fourth-order valence-corrected chi connectivity index (χ4v) is 5.18. The second kappa shape index (κ2) is 20.0. The number of ether oxygens (including phenoxy) is 3. The largest absolute Gasteiger partial charge is 0.468 e. The van der Waals surface area contributed by atoms with Gasteiger partial charge in [-0.05, 0) is 38.4 Å². The second-order valence-electron chi connectivity index (χ2n) is 11.7. The molecule has 0 rings (SSSR count). The van der Waals surface area contributed by atoms with Crippen molar-refractivity contribution < 1.29 is 95.3 Å². The Morgan fingerprint density at radius 1 is 0.741 bits per heavy atom. The van der Waals surface area contributed by atoms with Gasteiger partial charge in [0.05, 0.1) is 14.2 Å². The van der Waals surface area contributed by atoms with Gasteiger partial charge in [-0.25, -0.2) is 9.59 Å². The minimum absolute atomic E-state index is 0.283. The maximum absolute atomic E-state index is 13.9. The van der Waals surface area contributed by atoms with E-state index >= 15 is 0 Å². The third-order valence-electron chi connectivity index (χ3n) is 6.35. The maximum Gasteiger partial charge on any atom is 0.460 e. The predicted molar refractivity (Wildman–Crippen MR) is 166 cm³/mol. The summed E-state index contributed by atoms with van der Waals surface area (Å²) in [6.07, 6.45) is -10.6. The molecular formula is C28H36F13N3O8S2. The number of hydrogen-bond acceptors (Lipinski definition) is 10. The van der Waals surface area contributed by atoms with E-state index in [-0.39, 0.29) is 23.9 Å². The summed E-state index contributed by atoms with van der Waals surface area (Å²) in [4.78, 5) is 60.9. The summed E-state index contributed by atoms with van der Waals surface area (Å²) in [6, 6.07) is -2.77. The predicted octanol–water partition coefficient (Wildman–Crippen LogP) is 5.72. The maximum atomic E-state index is 13.9. The summed E-state index contributed by atoms with van der Waals surface area (Å²) < 4.78 is 186. The minimum atomic E-state index is -7.98. The number of amides is 3. The van der Waals surface area contributed by atoms with Crippen LogP contribution in [0.4, 0.5) is 61.9 Å². The zero-order chi connectivity index (χ0) is 42.6. The summed E-state index contributed by atoms with van der Waals surface area (Å²) >= 11 is 1.03. The lowest BCUT2D eigenvalue weighted by molar-refractivity contribution is -0.439. The lowest BCUT2D eigenvalue weighted by Gasteiger charge is -2.39. The topological polar surface area (TPSA) is 149 Å². The van der Waals surface area contributed by atoms with E-state index in [0.29, 0.717) is 0 Å². The fourth-order valence-electron chi connectivity index (χ4n) is 3.49. The number of carbonyl (C=O) groups is 5. The molecule has 0 bridgehead atoms. The van der Waals surface area contributed by atoms with Crippen LogP contribution in [-0.2, 0) is 33.4 Å². The molecule has 0 aliphatic heterocycles. The van der Waals surface area contributed by atoms with Gasteiger partial charge in [0, 0.05) is 24.3 Å². The number of carbonyl (C=O) groups excluding carboxylic acids is 5. The highest BCUT2D eigenvalue weighted by Gasteiger charge is 2.90. The summed E-state index contributed by atoms with van der Waals surface area (Å²) in [5.41, 5.74) is -0.942. The minimum Gasteiger partial charge on any atom is -0.468 e. The molecular weight excluding hydrogens is 817 g/mol. The standard InChI is InChI=1S/C28H36F13N3O8S2/c1-22(2,3)52-21(49)44-15(20(48)51-5)7-8-17(45)43-16(19(47)42-13-18(46)50-4)14-54-11-6-10-53-12-9-23(29,30)24(31,32)25(33,34)26(35,36)27(37,38)28(39,40)41/h6,11,15-16H,7-10,12-14H2,1-5H3,(H,42,47)(H,43,45)(H,44,49)/b11-6+. The highest BCUT2D eigenvalue weighted by atomic mass is 32.2. The molecule has 0 radical (unpaired) electrons. The molecule has 2 atom stereocenters. The molecule has 314 valence electrons. The van der Waals surface area contributed by atoms with E-state index in [4.69, 9.17) is 4.74 Å². The molecule has 11 nitrogen and oxygen atoms in total. The van der Waals surface area contributed by atoms with Gasteiger partial charge in [0.15, 0.2) is 0 Å². The van der Waals surface area contributed by atoms with Crippen LogP contribution in [0.25, 0.3) is 0 Å². The average Bonchev–Trinajstić information content (AvgIpc) is 3.03. The van der Waals surface area contributed by atoms with Gasteiger partial charge in [0.1, 0.15) is 24.2 Å². The molecule has 26 heteroatoms. The van der Waals surface area contributed by atoms with Crippen LogP contribution >= 0.6 is 23.5 Å². The molecule has 0 aromatic heterocycles. The van der Waals surface area contributed by atoms with E-state index in [1.165, 1.54) is 5.41 Å². The number of methoxy groups -OCH3 is 2. The normalized spacial score (nSPS) is 14.6. The van der Waals surface area contributed by atoms with Crippen molar-refractivity contribution in [3.05, 3.63) is 11.5 Å². The summed E-state index contributed by atoms with van der Waals surface area (Å²) in [5.74, 6) is -42.7. The van der Waals surface area contributed by atoms with E-state index in [0.717, 1.165) is 32.1 Å². The zero-order valence-electron chi connectivity index (χ0n) is 28.8. The third-order valence-corrected chi connectivity index (χ3v) is 8.18. The Morgan fingerprint density at radius 3 is 1.80 bits per heavy atom. The summed E-state index contributed by atoms with van der Waals surface area (Å²) in [7, 11) is 2.02. The van der Waals surface area contributed by atoms with Crippen molar-refractivity contribution in [2.24, 2.45) is 0 Å². The molecule has 3 N–H and O–H groups in total. The molecule has 0 aromatic carbocycles. The lowest BCUT2D eigenvalue weighted by Crippen LogP contribution is -2.70. The molecule has 0 spiro atoms. The van der Waals surface area contributed by atoms with Crippen molar-refractivity contribution >= 4 is 53.4 Å². The van der Waals surface area contributed by atoms with Crippen molar-refractivity contribution in [2.75, 3.05) is 38.0 Å². The number of hydrogen-bond donors (Lipinski definition) is 3. The van der Waals surface area contributed by atoms with E-state index in [9.17, 15) is 81.0 Å². The average molecular weight is 854 g/mol. The van der Waals surface area contributed by atoms with Crippen LogP contribution in [0.2, 0.25) is 0 Å². The van der Waals surface area contributed by atoms with Gasteiger partial charge in [-0.15, -0.1) is 11.8 Å². The molecule has 3 amide bonds. The highest BCUT2D eigenvalue weighted by molar-refractivity contribution is 8.02. The molecule has 0 aromatic rings. The van der Waals surface area contributed by atoms with Crippen molar-refractivity contribution in [1.82, 2.24) is 16.0 Å². The molecule has 54 heavy (non-hydrogen) atoms. The quantitative estimate of drug-likeness (QED) is 0.0568. The Hall–Kier alpha value is -3.32. The molecule has 0 aliphatic rings. The smallest absolute Gasteiger partial charge is 0.460 e. The first kappa shape index (κ1) is 50.7. The van der Waals surface area contributed by atoms with Gasteiger partial charge in [0.25, 0.3) is 0 Å². The first-order valence-electron chi connectivity index (χ1n) is 14.8. The van der Waals surface area contributed by atoms with Crippen LogP contribution in [0.15, 0.2) is 11.5 Å². The van der Waals surface area contributed by atoms with Crippen LogP contribution in [0.1, 0.15) is 40.0 Å². The Balaban J connectivity index is 5.43. The van der Waals surface area contributed by atoms with Gasteiger partial charge in [0.2, 0.25) is 11.8 Å². The van der Waals surface area contributed by atoms with Crippen LogP contribution < -0.4 is 16.0 Å². The second-order valence-corrected chi connectivity index (χ2v) is 13.8. The number of alkyl carbamates (subject to hydrolysis) is 1. The number of thioether (sulfide) groups is 2. The zero-order valence-corrected chi connectivity index (χ0v) is 30.4. The Labute approximate surface area is 307 Å². The molecule has 0 fully saturated rings. The number of nitrogens with one attached hydrogen (secondary N) is 3. The molecule has 0 saturated heterocycles. The van der Waals surface area contributed by atoms with Gasteiger partial charge in [-0.3, -0.25) is 14.4 Å². The lowest BCUT2D eigenvalue weighted by atomic mass is 9.93. The number of rotatable bonds is 21. The summed E-state index contributed by atoms with van der Waals surface area (Å²) in [6.45, 7) is 3.99. The van der Waals surface area contributed by atoms with E-state index in [1.54, 1.807) is 20.8 Å². The Morgan fingerprint density at radius 2 is 1.30 bits per heavy atom. The van der Waals surface area contributed by atoms with Gasteiger partial charge < -0.3 is 30.2 Å². The Bertz CT molecular complexity index is 1330. The van der Waals surface area contributed by atoms with Crippen molar-refractivity contribution in [1.29, 1.82) is 0 Å². The number of halogens is 13. The Kier molecular flexibility index (Phi) is 18.8. The monoisotopic (exact) mass is 853 g/mol. The van der Waals surface area contributed by atoms with E-state index in [2.05, 4.69) is 25.4 Å². The first-order chi connectivity index (χ1) is 24.3. The SMILES string of the molecule is COC(=O)CNC(=O)C(CS/C=C/CSCCC(F)(F)C(F)(F)C(F)(F)C(F)(F)C(F)(F)C(F)(F)F)NC(=O)CCC(NC(=O)OC(C)(C)C)C(=O)OC. The molecule has 0 aliphatic carbocycles. The van der Waals surface area contributed by atoms with Gasteiger partial charge >= 0.3 is 53.8 Å². The van der Waals surface area contributed by atoms with Crippen molar-refractivity contribution in [3.63, 3.8) is 0 Å². The van der Waals surface area contributed by atoms with Crippen LogP contribution in [0.5, 0.6) is 0 Å². The van der Waals surface area contributed by atoms with Gasteiger partial charge in [-0.2, -0.15) is 68.8 Å². The fraction of sp³-hybridized carbons (Fsp3) is 0.750. The highest BCUT2D eigenvalue weighted by Crippen LogP contribution is 2.60. The van der Waals surface area contributed by atoms with E-state index in [1.807, 2.05) is 0 Å². The van der Waals surface area contributed by atoms with Crippen molar-refractivity contribution in [3.8, 4) is 0 Å². The van der Waals surface area contributed by atoms with Crippen LogP contribution in [-0.4, -0.2) is 121 Å². The molecule has 0 saturated carbocycles. The van der Waals surface area contributed by atoms with Crippen LogP contribution in [0, 0.1) is 0 Å². The first-order valence-corrected chi connectivity index (χ1v) is 17.0. The molecule has 2 unspecified atom stereocenters.